The minimum absolute atomic E-state index is 0.000537. The highest BCUT2D eigenvalue weighted by Gasteiger charge is 2.59. The number of hydrogen-bond acceptors (Lipinski definition) is 35. The maximum atomic E-state index is 13.1. The van der Waals surface area contributed by atoms with Crippen LogP contribution in [0.1, 0.15) is 145 Å². The topological polar surface area (TPSA) is 404 Å². The van der Waals surface area contributed by atoms with E-state index in [0.29, 0.717) is 362 Å². The number of amides is 5. The number of ether oxygens (including phenoxy) is 29. The minimum atomic E-state index is -0.400. The van der Waals surface area contributed by atoms with Crippen LogP contribution in [0, 0.1) is 57.7 Å². The number of allylic oxidation sites excluding steroid dienone is 1. The molecular formula is C102H188N4O35. The summed E-state index contributed by atoms with van der Waals surface area (Å²) < 4.78 is 162. The molecule has 141 heavy (non-hydrogen) atoms. The molecule has 5 amide bonds. The van der Waals surface area contributed by atoms with Crippen LogP contribution in [0.2, 0.25) is 0 Å². The molecule has 0 aromatic heterocycles. The Kier molecular flexibility index (Phi) is 77.4. The van der Waals surface area contributed by atoms with E-state index >= 15 is 0 Å². The van der Waals surface area contributed by atoms with Crippen molar-refractivity contribution in [3.63, 3.8) is 0 Å². The first-order valence-corrected chi connectivity index (χ1v) is 52.7. The largest absolute Gasteiger partial charge is 0.446 e. The number of nitrogens with zero attached hydrogens (tertiary/aromatic N) is 2. The van der Waals surface area contributed by atoms with Crippen LogP contribution in [0.5, 0.6) is 0 Å². The first kappa shape index (κ1) is 127. The number of alkyl carbamates (subject to hydrolysis) is 1. The molecule has 0 radical (unpaired) electrons. The van der Waals surface area contributed by atoms with Gasteiger partial charge in [-0.25, -0.2) is 4.79 Å². The fourth-order valence-electron chi connectivity index (χ4n) is 18.2. The molecule has 3 N–H and O–H groups in total. The zero-order chi connectivity index (χ0) is 101. The molecule has 1 saturated heterocycles. The van der Waals surface area contributed by atoms with E-state index in [2.05, 4.69) is 51.3 Å². The van der Waals surface area contributed by atoms with E-state index in [1.165, 1.54) is 56.3 Å². The third kappa shape index (κ3) is 62.2. The summed E-state index contributed by atoms with van der Waals surface area (Å²) in [5, 5.41) is 14.7. The lowest BCUT2D eigenvalue weighted by Crippen LogP contribution is -2.51. The molecular weight excluding hydrogens is 1840 g/mol. The second-order valence-corrected chi connectivity index (χ2v) is 37.6. The molecule has 1 aliphatic heterocycles. The van der Waals surface area contributed by atoms with Crippen molar-refractivity contribution in [2.75, 3.05) is 409 Å². The van der Waals surface area contributed by atoms with Crippen molar-refractivity contribution >= 4 is 29.7 Å². The lowest BCUT2D eigenvalue weighted by Gasteiger charge is -2.58. The molecule has 0 bridgehead atoms. The first-order valence-electron chi connectivity index (χ1n) is 52.7. The summed E-state index contributed by atoms with van der Waals surface area (Å²) >= 11 is 0. The molecule has 5 rings (SSSR count). The van der Waals surface area contributed by atoms with Crippen LogP contribution in [0.3, 0.4) is 0 Å². The lowest BCUT2D eigenvalue weighted by molar-refractivity contribution is -0.141. The number of aliphatic hydroxyl groups excluding tert-OH is 1. The van der Waals surface area contributed by atoms with Gasteiger partial charge in [0.05, 0.1) is 383 Å². The zero-order valence-corrected chi connectivity index (χ0v) is 87.7. The van der Waals surface area contributed by atoms with Crippen LogP contribution in [-0.2, 0) is 157 Å². The van der Waals surface area contributed by atoms with Gasteiger partial charge < -0.3 is 158 Å². The van der Waals surface area contributed by atoms with Crippen molar-refractivity contribution in [3.8, 4) is 0 Å². The highest BCUT2D eigenvalue weighted by molar-refractivity contribution is 6.04. The number of hydrogen-bond donors (Lipinski definition) is 3. The molecule has 3 saturated carbocycles. The van der Waals surface area contributed by atoms with Crippen molar-refractivity contribution < 1.29 is 166 Å². The SMILES string of the molecule is CC(C)CCC[C@H](C)[C@@H]1CC[C@@H]2[C@H]3CC=C4CC(OC(=O)NCCOCCOCCOCCOCCOCCOCCOCCOCCOCCOCCOCCOCCOCCOCCOCCOCCOCCOCCOCCOCCOCCOCCOCCNC(=O)CCOCCOCCOCCOCCN(CCOCCO)C(=O)CCN5C(=O)CC(C(C)(C)C)C5=O)CC[C@@]4(C)[C@@H]3CC[C@]21C. The van der Waals surface area contributed by atoms with Crippen molar-refractivity contribution in [2.24, 2.45) is 57.7 Å². The van der Waals surface area contributed by atoms with E-state index in [1.54, 1.807) is 10.5 Å². The number of imide groups is 1. The molecule has 9 atom stereocenters. The third-order valence-corrected chi connectivity index (χ3v) is 25.8. The third-order valence-electron chi connectivity index (χ3n) is 25.8. The molecule has 4 fully saturated rings. The molecule has 0 spiro atoms. The van der Waals surface area contributed by atoms with Gasteiger partial charge in [-0.2, -0.15) is 0 Å². The van der Waals surface area contributed by atoms with E-state index in [1.807, 2.05) is 20.8 Å². The lowest BCUT2D eigenvalue weighted by atomic mass is 9.47. The number of carbonyl (C=O) groups is 5. The van der Waals surface area contributed by atoms with Gasteiger partial charge in [0.2, 0.25) is 23.6 Å². The molecule has 5 aliphatic rings. The maximum absolute atomic E-state index is 13.1. The van der Waals surface area contributed by atoms with Crippen LogP contribution in [0.4, 0.5) is 4.79 Å². The molecule has 0 aromatic rings. The number of aliphatic hydroxyl groups is 1. The fraction of sp³-hybridized carbons (Fsp3) is 0.931. The van der Waals surface area contributed by atoms with E-state index in [-0.39, 0.29) is 119 Å². The standard InChI is InChI=1S/C102H188N4O35/c1-86(2)10-9-11-87(3)91-14-15-92-90-13-12-88-84-89(16-20-101(88,7)93(90)17-21-102(91,92)8)141-99(112)104-23-30-115-36-40-120-44-47-123-49-51-125-53-55-127-57-59-129-61-63-131-65-67-133-69-71-135-73-75-137-77-79-139-81-83-140-82-80-138-78-76-136-74-72-134-70-68-132-66-64-130-62-60-128-58-56-126-54-52-124-50-48-122-46-43-119-39-35-114-29-22-103-95(108)19-28-113-34-38-118-42-45-121-41-37-117-32-26-105(25-31-116-33-27-107)96(109)18-24-106-97(110)85-94(98(106)111)100(4,5)6/h12,86-87,89-94,107H,9-11,13-85H2,1-8H3,(H,103,108)(H,104,112)/t87-,89?,90+,91-,92+,93+,94?,101+,102-/m0/s1. The number of rotatable bonds is 101. The fourth-order valence-corrected chi connectivity index (χ4v) is 18.2. The molecule has 39 nitrogen and oxygen atoms in total. The monoisotopic (exact) mass is 2030 g/mol. The van der Waals surface area contributed by atoms with Gasteiger partial charge in [-0.3, -0.25) is 24.1 Å². The van der Waals surface area contributed by atoms with Crippen LogP contribution in [0.15, 0.2) is 11.6 Å². The second-order valence-electron chi connectivity index (χ2n) is 37.6. The predicted octanol–water partition coefficient (Wildman–Crippen LogP) is 7.73. The smallest absolute Gasteiger partial charge is 0.407 e. The van der Waals surface area contributed by atoms with Crippen molar-refractivity contribution in [1.82, 2.24) is 20.4 Å². The molecule has 39 heteroatoms. The zero-order valence-electron chi connectivity index (χ0n) is 87.7. The average Bonchev–Trinajstić information content (AvgIpc) is 1.63. The van der Waals surface area contributed by atoms with Gasteiger partial charge in [-0.05, 0) is 96.7 Å². The van der Waals surface area contributed by atoms with Gasteiger partial charge >= 0.3 is 6.09 Å². The average molecular weight is 2030 g/mol. The Morgan fingerprint density at radius 2 is 0.730 bits per heavy atom. The van der Waals surface area contributed by atoms with Gasteiger partial charge in [0, 0.05) is 58.4 Å². The molecule has 0 aromatic carbocycles. The Hall–Kier alpha value is -4.07. The number of fused-ring (bicyclic) bond motifs is 5. The Bertz CT molecular complexity index is 3030. The summed E-state index contributed by atoms with van der Waals surface area (Å²) in [4.78, 5) is 66.2. The van der Waals surface area contributed by atoms with Crippen LogP contribution >= 0.6 is 0 Å². The molecule has 1 heterocycles. The van der Waals surface area contributed by atoms with E-state index in [0.717, 1.165) is 54.8 Å². The minimum Gasteiger partial charge on any atom is -0.446 e. The van der Waals surface area contributed by atoms with Crippen molar-refractivity contribution in [1.29, 1.82) is 0 Å². The van der Waals surface area contributed by atoms with Gasteiger partial charge in [-0.15, -0.1) is 0 Å². The normalized spacial score (nSPS) is 19.9. The maximum Gasteiger partial charge on any atom is 0.407 e. The second kappa shape index (κ2) is 85.7. The summed E-state index contributed by atoms with van der Waals surface area (Å²) in [6.07, 6.45) is 16.3. The first-order chi connectivity index (χ1) is 68.9. The van der Waals surface area contributed by atoms with Gasteiger partial charge in [0.25, 0.3) is 0 Å². The number of nitrogens with one attached hydrogen (secondary N) is 2. The summed E-state index contributed by atoms with van der Waals surface area (Å²) in [5.41, 5.74) is 1.92. The Morgan fingerprint density at radius 3 is 1.07 bits per heavy atom. The summed E-state index contributed by atoms with van der Waals surface area (Å²) in [6.45, 7) is 43.4. The summed E-state index contributed by atoms with van der Waals surface area (Å²) in [5.74, 6) is 3.65. The van der Waals surface area contributed by atoms with Crippen LogP contribution in [0.25, 0.3) is 0 Å². The van der Waals surface area contributed by atoms with Crippen LogP contribution < -0.4 is 10.6 Å². The van der Waals surface area contributed by atoms with Gasteiger partial charge in [0.1, 0.15) is 6.10 Å². The van der Waals surface area contributed by atoms with Crippen molar-refractivity contribution in [3.05, 3.63) is 11.6 Å². The number of carbonyl (C=O) groups excluding carboxylic acids is 5. The molecule has 2 unspecified atom stereocenters. The summed E-state index contributed by atoms with van der Waals surface area (Å²) in [6, 6.07) is 0. The van der Waals surface area contributed by atoms with E-state index < -0.39 is 5.92 Å². The Labute approximate surface area is 842 Å². The Morgan fingerprint density at radius 1 is 0.397 bits per heavy atom. The summed E-state index contributed by atoms with van der Waals surface area (Å²) in [7, 11) is 0. The highest BCUT2D eigenvalue weighted by atomic mass is 16.6. The molecule has 4 aliphatic carbocycles. The van der Waals surface area contributed by atoms with E-state index in [4.69, 9.17) is 142 Å². The van der Waals surface area contributed by atoms with Crippen molar-refractivity contribution in [2.45, 2.75) is 151 Å². The van der Waals surface area contributed by atoms with Crippen LogP contribution in [-0.4, -0.2) is 460 Å². The number of likely N-dealkylation sites (tertiary alicyclic amines) is 1. The molecule has 826 valence electrons. The van der Waals surface area contributed by atoms with Gasteiger partial charge in [-0.1, -0.05) is 86.3 Å². The predicted molar refractivity (Wildman–Crippen MR) is 524 cm³/mol. The van der Waals surface area contributed by atoms with Gasteiger partial charge in [0.15, 0.2) is 0 Å². The van der Waals surface area contributed by atoms with E-state index in [9.17, 15) is 24.0 Å². The highest BCUT2D eigenvalue weighted by Crippen LogP contribution is 2.67. The Balaban J connectivity index is 0.604. The quantitative estimate of drug-likeness (QED) is 0.0298.